The molecule has 29 heteroatoms. The van der Waals surface area contributed by atoms with Gasteiger partial charge in [0.05, 0.1) is 19.0 Å². The molecule has 0 amide bonds. The molecule has 0 unspecified atom stereocenters. The van der Waals surface area contributed by atoms with Gasteiger partial charge in [0.1, 0.15) is 0 Å². The van der Waals surface area contributed by atoms with Gasteiger partial charge in [-0.1, -0.05) is 131 Å². The zero-order valence-electron chi connectivity index (χ0n) is 68.0. The van der Waals surface area contributed by atoms with Gasteiger partial charge in [-0.3, -0.25) is 48.7 Å². The van der Waals surface area contributed by atoms with Gasteiger partial charge < -0.3 is 60.0 Å². The summed E-state index contributed by atoms with van der Waals surface area (Å²) in [5, 5.41) is 26.2. The Morgan fingerprint density at radius 2 is 0.633 bits per heavy atom. The number of para-hydroxylation sites is 2. The van der Waals surface area contributed by atoms with Gasteiger partial charge in [0.25, 0.3) is 0 Å². The number of halogens is 10. The number of aryl methyl sites for hydroxylation is 1. The van der Waals surface area contributed by atoms with Gasteiger partial charge in [-0.15, -0.1) is 156 Å². The summed E-state index contributed by atoms with van der Waals surface area (Å²) in [5.74, 6) is -5.22. The fourth-order valence-electron chi connectivity index (χ4n) is 10.8. The number of ketones is 1. The molecule has 0 aliphatic heterocycles. The van der Waals surface area contributed by atoms with Crippen molar-refractivity contribution in [2.24, 2.45) is 0 Å². The number of rotatable bonds is 14. The van der Waals surface area contributed by atoms with Gasteiger partial charge in [-0.05, 0) is 138 Å². The SMILES string of the molecule is CC(=O)C=C(C)O.CN(C)c1ccnc(-c2[c-]cc(F)cc2)c1.Cc1ccnc(-c2[c-]cc(F)cc2F)c1.Fc1c[c-]c(-c2cc(N(c3ccccc3)c3ccccc3)ccn2)cc1.Fc1c[c-]c(-c2ccccn2)c(F)c1.Fc1c[c-]c(-c2ccccn2)cc1.OCc1ccnc(-c2[c-]cc(F)cc2)c1.OCc1ccnc(-c2[c-]cc(F)cc2F)c1.[Ir].[Ir].[Ir].[Ir].[Ir].[Ir]. The number of anilines is 4. The van der Waals surface area contributed by atoms with E-state index in [1.807, 2.05) is 111 Å². The minimum Gasteiger partial charge on any atom is -0.512 e. The monoisotopic (exact) mass is 2800 g/mol. The topological polar surface area (TPSA) is 174 Å². The molecule has 670 valence electrons. The number of allylic oxidation sites excluding steroid dienone is 2. The largest absolute Gasteiger partial charge is 0.512 e. The zero-order valence-corrected chi connectivity index (χ0v) is 82.4. The molecule has 7 aromatic heterocycles. The first-order chi connectivity index (χ1) is 58.9. The first-order valence-electron chi connectivity index (χ1n) is 37.0. The van der Waals surface area contributed by atoms with E-state index in [1.165, 1.54) is 80.7 Å². The summed E-state index contributed by atoms with van der Waals surface area (Å²) in [4.78, 5) is 43.0. The van der Waals surface area contributed by atoms with Crippen molar-refractivity contribution in [1.29, 1.82) is 0 Å². The predicted molar refractivity (Wildman–Crippen MR) is 452 cm³/mol. The first-order valence-corrected chi connectivity index (χ1v) is 37.0. The van der Waals surface area contributed by atoms with Crippen molar-refractivity contribution < 1.29 is 185 Å². The van der Waals surface area contributed by atoms with Crippen molar-refractivity contribution >= 4 is 28.5 Å². The summed E-state index contributed by atoms with van der Waals surface area (Å²) in [5.41, 5.74) is 14.3. The number of benzene rings is 9. The Bertz CT molecular complexity index is 5970. The Morgan fingerprint density at radius 3 is 0.969 bits per heavy atom. The predicted octanol–water partition coefficient (Wildman–Crippen LogP) is 23.1. The Balaban J connectivity index is 0.000000382. The van der Waals surface area contributed by atoms with Crippen molar-refractivity contribution in [1.82, 2.24) is 34.9 Å². The molecule has 3 N–H and O–H groups in total. The van der Waals surface area contributed by atoms with Crippen LogP contribution in [0.3, 0.4) is 0 Å². The number of aliphatic hydroxyl groups is 3. The third-order valence-corrected chi connectivity index (χ3v) is 16.5. The van der Waals surface area contributed by atoms with Crippen LogP contribution in [-0.2, 0) is 139 Å². The van der Waals surface area contributed by atoms with Gasteiger partial charge in [-0.2, -0.15) is 0 Å². The molecular formula is C99H74F10Ir6N9O4-7. The van der Waals surface area contributed by atoms with E-state index in [4.69, 9.17) is 15.3 Å². The average molecular weight is 2800 g/mol. The van der Waals surface area contributed by atoms with Crippen LogP contribution in [0.4, 0.5) is 66.7 Å². The fourth-order valence-corrected chi connectivity index (χ4v) is 10.8. The van der Waals surface area contributed by atoms with Crippen LogP contribution in [0.5, 0.6) is 0 Å². The van der Waals surface area contributed by atoms with Crippen LogP contribution >= 0.6 is 0 Å². The second-order valence-corrected chi connectivity index (χ2v) is 26.0. The number of aromatic nitrogens is 7. The molecule has 0 bridgehead atoms. The van der Waals surface area contributed by atoms with Crippen LogP contribution in [-0.4, -0.2) is 70.1 Å². The molecule has 0 saturated carbocycles. The molecule has 0 saturated heterocycles. The van der Waals surface area contributed by atoms with Crippen LogP contribution in [0.15, 0.2) is 322 Å². The van der Waals surface area contributed by atoms with Crippen LogP contribution in [0.2, 0.25) is 0 Å². The fraction of sp³-hybridized carbons (Fsp3) is 0.0707. The molecule has 0 aliphatic carbocycles. The molecule has 16 aromatic rings. The molecule has 9 aromatic carbocycles. The van der Waals surface area contributed by atoms with E-state index in [-0.39, 0.29) is 185 Å². The van der Waals surface area contributed by atoms with Gasteiger partial charge in [0, 0.05) is 265 Å². The Hall–Kier alpha value is -11.0. The van der Waals surface area contributed by atoms with Gasteiger partial charge in [0.15, 0.2) is 5.78 Å². The molecule has 16 rings (SSSR count). The maximum absolute atomic E-state index is 13.4. The van der Waals surface area contributed by atoms with Crippen molar-refractivity contribution in [3.63, 3.8) is 0 Å². The Labute approximate surface area is 816 Å². The van der Waals surface area contributed by atoms with Crippen LogP contribution in [0.25, 0.3) is 78.8 Å². The van der Waals surface area contributed by atoms with E-state index >= 15 is 0 Å². The van der Waals surface area contributed by atoms with Crippen LogP contribution in [0, 0.1) is 108 Å². The number of nitrogens with zero attached hydrogens (tertiary/aromatic N) is 9. The van der Waals surface area contributed by atoms with E-state index in [2.05, 4.69) is 107 Å². The molecule has 6 radical (unpaired) electrons. The second kappa shape index (κ2) is 58.4. The van der Waals surface area contributed by atoms with Gasteiger partial charge >= 0.3 is 0 Å². The van der Waals surface area contributed by atoms with Crippen molar-refractivity contribution in [2.45, 2.75) is 34.0 Å². The van der Waals surface area contributed by atoms with E-state index in [0.29, 0.717) is 33.9 Å². The normalized spacial score (nSPS) is 9.87. The summed E-state index contributed by atoms with van der Waals surface area (Å²) in [6.45, 7) is 4.54. The van der Waals surface area contributed by atoms with Crippen molar-refractivity contribution in [2.75, 3.05) is 23.9 Å². The quantitative estimate of drug-likeness (QED) is 0.0406. The number of carbonyl (C=O) groups is 1. The smallest absolute Gasteiger partial charge is 0.155 e. The molecule has 0 fully saturated rings. The van der Waals surface area contributed by atoms with Crippen LogP contribution < -0.4 is 9.80 Å². The van der Waals surface area contributed by atoms with Gasteiger partial charge in [0.2, 0.25) is 0 Å². The van der Waals surface area contributed by atoms with E-state index in [0.717, 1.165) is 104 Å². The van der Waals surface area contributed by atoms with E-state index < -0.39 is 34.9 Å². The minimum atomic E-state index is -0.720. The zero-order chi connectivity index (χ0) is 87.3. The van der Waals surface area contributed by atoms with E-state index in [1.54, 1.807) is 104 Å². The first kappa shape index (κ1) is 111. The number of carbonyl (C=O) groups excluding carboxylic acids is 1. The van der Waals surface area contributed by atoms with Gasteiger partial charge in [-0.25, -0.2) is 0 Å². The summed E-state index contributed by atoms with van der Waals surface area (Å²) in [7, 11) is 3.93. The summed E-state index contributed by atoms with van der Waals surface area (Å²) in [6, 6.07) is 91.1. The number of hydrogen-bond donors (Lipinski definition) is 3. The third-order valence-electron chi connectivity index (χ3n) is 16.5. The average Bonchev–Trinajstić information content (AvgIpc) is 0.800. The maximum Gasteiger partial charge on any atom is 0.155 e. The van der Waals surface area contributed by atoms with E-state index in [9.17, 15) is 48.7 Å². The molecule has 13 nitrogen and oxygen atoms in total. The molecule has 128 heavy (non-hydrogen) atoms. The Kier molecular flexibility index (Phi) is 50.7. The molecule has 0 spiro atoms. The molecule has 0 atom stereocenters. The summed E-state index contributed by atoms with van der Waals surface area (Å²) in [6.07, 6.45) is 12.6. The molecular weight excluding hydrogens is 2720 g/mol. The standard InChI is InChI=1S/C23H16FN2.C13H12FN2.C12H8F2NO.C12H8F2N.C12H9FNO.C11H6F2N.C11H7FN.C5H8O2.6Ir/c24-19-13-11-18(12-14-19)23-17-22(15-16-25-23)26(20-7-3-1-4-8-20)21-9-5-2-6-10-21;1-16(2)12-7-8-15-13(9-12)10-3-5-11(14)6-4-10;13-9-1-2-10(11(14)6-9)12-5-8(7-16)3-4-15-12;1-8-4-5-15-12(6-8)10-3-2-9(13)7-11(10)14;13-11-3-1-10(2-4-11)12-7-9(8-15)5-6-14-12;12-8-4-5-9(10(13)7-8)11-3-1-2-6-14-11;12-10-6-4-9(5-7-10)11-3-1-2-8-13-11;1-4(6)3-5(2)7;;;;;;/h1-11,13-17H;3,5-9H,1-2H3;1,3-6,16H,7H2;2,4-7H,1H3;1,3-7,15H,8H2;1-4,6-7H;1-4,6-8H;3,6H,1-2H3;;;;;;/q7*-1;;;;;;;. The molecule has 7 heterocycles. The number of pyridine rings is 7. The molecule has 0 aliphatic rings. The Morgan fingerprint density at radius 1 is 0.320 bits per heavy atom. The van der Waals surface area contributed by atoms with Crippen molar-refractivity contribution in [3.8, 4) is 78.8 Å². The van der Waals surface area contributed by atoms with Crippen molar-refractivity contribution in [3.05, 3.63) is 439 Å². The van der Waals surface area contributed by atoms with Crippen LogP contribution in [0.1, 0.15) is 30.5 Å². The number of aliphatic hydroxyl groups excluding tert-OH is 3. The minimum absolute atomic E-state index is 0. The third kappa shape index (κ3) is 36.6. The summed E-state index contributed by atoms with van der Waals surface area (Å²) < 4.78 is 129. The summed E-state index contributed by atoms with van der Waals surface area (Å²) >= 11 is 0. The second-order valence-electron chi connectivity index (χ2n) is 26.0. The number of hydrogen-bond acceptors (Lipinski definition) is 13. The maximum atomic E-state index is 13.4.